The van der Waals surface area contributed by atoms with Crippen LogP contribution in [0.2, 0.25) is 0 Å². The Balaban J connectivity index is 2.14. The molecule has 0 spiro atoms. The molecule has 0 bridgehead atoms. The number of imidazole rings is 1. The van der Waals surface area contributed by atoms with Gasteiger partial charge in [0.15, 0.2) is 0 Å². The van der Waals surface area contributed by atoms with Crippen molar-refractivity contribution in [2.75, 3.05) is 5.73 Å². The van der Waals surface area contributed by atoms with E-state index >= 15 is 0 Å². The molecular weight excluding hydrogens is 246 g/mol. The minimum absolute atomic E-state index is 0.548. The fraction of sp³-hybridized carbons (Fsp3) is 0.235. The summed E-state index contributed by atoms with van der Waals surface area (Å²) in [7, 11) is 0. The molecule has 3 rings (SSSR count). The first-order valence-electron chi connectivity index (χ1n) is 6.95. The van der Waals surface area contributed by atoms with Gasteiger partial charge in [0.25, 0.3) is 0 Å². The first-order valence-corrected chi connectivity index (χ1v) is 6.95. The van der Waals surface area contributed by atoms with Gasteiger partial charge in [0.05, 0.1) is 6.33 Å². The van der Waals surface area contributed by atoms with Gasteiger partial charge in [-0.05, 0) is 16.7 Å². The predicted molar refractivity (Wildman–Crippen MR) is 84.4 cm³/mol. The van der Waals surface area contributed by atoms with Crippen molar-refractivity contribution >= 4 is 16.6 Å². The second-order valence-electron chi connectivity index (χ2n) is 5.55. The molecule has 0 saturated heterocycles. The number of aromatic nitrogens is 2. The maximum Gasteiger partial charge on any atom is 0.131 e. The van der Waals surface area contributed by atoms with Crippen molar-refractivity contribution in [1.29, 1.82) is 0 Å². The van der Waals surface area contributed by atoms with Gasteiger partial charge in [-0.2, -0.15) is 0 Å². The molecule has 0 radical (unpaired) electrons. The van der Waals surface area contributed by atoms with E-state index in [1.165, 1.54) is 10.8 Å². The van der Waals surface area contributed by atoms with E-state index in [0.717, 1.165) is 23.6 Å². The Labute approximate surface area is 119 Å². The lowest BCUT2D eigenvalue weighted by Gasteiger charge is -2.09. The summed E-state index contributed by atoms with van der Waals surface area (Å²) in [4.78, 5) is 4.53. The Morgan fingerprint density at radius 1 is 1.10 bits per heavy atom. The highest BCUT2D eigenvalue weighted by molar-refractivity contribution is 5.97. The minimum atomic E-state index is 0.548. The Hall–Kier alpha value is -2.29. The van der Waals surface area contributed by atoms with Gasteiger partial charge in [-0.15, -0.1) is 0 Å². The standard InChI is InChI=1S/C17H19N3/c1-12(2)10-20-11-19-16(17(20)18)15-9-5-7-13-6-3-4-8-14(13)15/h3-9,11-12H,10,18H2,1-2H3. The number of nitrogen functional groups attached to an aromatic ring is 1. The summed E-state index contributed by atoms with van der Waals surface area (Å²) in [6.07, 6.45) is 1.84. The normalized spacial score (nSPS) is 11.3. The van der Waals surface area contributed by atoms with E-state index in [2.05, 4.69) is 49.2 Å². The molecule has 0 amide bonds. The highest BCUT2D eigenvalue weighted by Gasteiger charge is 2.12. The molecule has 0 aliphatic rings. The van der Waals surface area contributed by atoms with Crippen molar-refractivity contribution in [3.05, 3.63) is 48.8 Å². The largest absolute Gasteiger partial charge is 0.383 e. The van der Waals surface area contributed by atoms with Crippen LogP contribution < -0.4 is 5.73 Å². The van der Waals surface area contributed by atoms with Gasteiger partial charge in [-0.25, -0.2) is 4.98 Å². The zero-order chi connectivity index (χ0) is 14.1. The first kappa shape index (κ1) is 12.7. The first-order chi connectivity index (χ1) is 9.66. The number of nitrogens with two attached hydrogens (primary N) is 1. The summed E-state index contributed by atoms with van der Waals surface area (Å²) in [5, 5.41) is 2.40. The Kier molecular flexibility index (Phi) is 3.18. The number of anilines is 1. The Bertz CT molecular complexity index is 736. The molecule has 0 saturated carbocycles. The van der Waals surface area contributed by atoms with Crippen LogP contribution in [0.3, 0.4) is 0 Å². The quantitative estimate of drug-likeness (QED) is 0.779. The molecule has 1 aromatic heterocycles. The van der Waals surface area contributed by atoms with Gasteiger partial charge >= 0.3 is 0 Å². The van der Waals surface area contributed by atoms with Crippen molar-refractivity contribution in [1.82, 2.24) is 9.55 Å². The van der Waals surface area contributed by atoms with Gasteiger partial charge in [-0.3, -0.25) is 0 Å². The van der Waals surface area contributed by atoms with Crippen LogP contribution in [0.5, 0.6) is 0 Å². The lowest BCUT2D eigenvalue weighted by Crippen LogP contribution is -2.06. The molecule has 0 aliphatic heterocycles. The molecule has 3 aromatic rings. The third-order valence-electron chi connectivity index (χ3n) is 3.48. The van der Waals surface area contributed by atoms with Crippen LogP contribution >= 0.6 is 0 Å². The van der Waals surface area contributed by atoms with Crippen LogP contribution in [0, 0.1) is 5.92 Å². The second kappa shape index (κ2) is 5.00. The molecule has 2 N–H and O–H groups in total. The Morgan fingerprint density at radius 3 is 2.65 bits per heavy atom. The zero-order valence-electron chi connectivity index (χ0n) is 11.9. The van der Waals surface area contributed by atoms with Crippen LogP contribution in [0.25, 0.3) is 22.0 Å². The van der Waals surface area contributed by atoms with Crippen LogP contribution in [-0.4, -0.2) is 9.55 Å². The highest BCUT2D eigenvalue weighted by Crippen LogP contribution is 2.31. The molecule has 20 heavy (non-hydrogen) atoms. The van der Waals surface area contributed by atoms with E-state index in [1.807, 2.05) is 23.0 Å². The van der Waals surface area contributed by atoms with Gasteiger partial charge in [0.2, 0.25) is 0 Å². The number of hydrogen-bond donors (Lipinski definition) is 1. The maximum atomic E-state index is 6.28. The summed E-state index contributed by atoms with van der Waals surface area (Å²) < 4.78 is 2.03. The van der Waals surface area contributed by atoms with Crippen LogP contribution in [0.4, 0.5) is 5.82 Å². The Morgan fingerprint density at radius 2 is 1.85 bits per heavy atom. The monoisotopic (exact) mass is 265 g/mol. The summed E-state index contributed by atoms with van der Waals surface area (Å²) in [6, 6.07) is 14.6. The topological polar surface area (TPSA) is 43.8 Å². The van der Waals surface area contributed by atoms with Crippen molar-refractivity contribution in [2.45, 2.75) is 20.4 Å². The minimum Gasteiger partial charge on any atom is -0.383 e. The summed E-state index contributed by atoms with van der Waals surface area (Å²) in [5.74, 6) is 1.29. The molecular formula is C17H19N3. The third kappa shape index (κ3) is 2.16. The number of benzene rings is 2. The van der Waals surface area contributed by atoms with Gasteiger partial charge in [-0.1, -0.05) is 56.3 Å². The average molecular weight is 265 g/mol. The average Bonchev–Trinajstić information content (AvgIpc) is 2.79. The van der Waals surface area contributed by atoms with Gasteiger partial charge < -0.3 is 10.3 Å². The van der Waals surface area contributed by atoms with Crippen LogP contribution in [-0.2, 0) is 6.54 Å². The van der Waals surface area contributed by atoms with Crippen LogP contribution in [0.15, 0.2) is 48.8 Å². The van der Waals surface area contributed by atoms with E-state index in [-0.39, 0.29) is 0 Å². The van der Waals surface area contributed by atoms with E-state index in [0.29, 0.717) is 5.92 Å². The third-order valence-corrected chi connectivity index (χ3v) is 3.48. The highest BCUT2D eigenvalue weighted by atomic mass is 15.1. The van der Waals surface area contributed by atoms with E-state index in [1.54, 1.807) is 0 Å². The van der Waals surface area contributed by atoms with Crippen molar-refractivity contribution < 1.29 is 0 Å². The van der Waals surface area contributed by atoms with E-state index in [9.17, 15) is 0 Å². The molecule has 3 heteroatoms. The molecule has 102 valence electrons. The molecule has 3 nitrogen and oxygen atoms in total. The summed E-state index contributed by atoms with van der Waals surface area (Å²) in [5.41, 5.74) is 8.25. The lowest BCUT2D eigenvalue weighted by atomic mass is 10.0. The number of rotatable bonds is 3. The number of fused-ring (bicyclic) bond motifs is 1. The number of nitrogens with zero attached hydrogens (tertiary/aromatic N) is 2. The van der Waals surface area contributed by atoms with Gasteiger partial charge in [0.1, 0.15) is 11.5 Å². The summed E-state index contributed by atoms with van der Waals surface area (Å²) >= 11 is 0. The van der Waals surface area contributed by atoms with E-state index < -0.39 is 0 Å². The van der Waals surface area contributed by atoms with Crippen LogP contribution in [0.1, 0.15) is 13.8 Å². The fourth-order valence-corrected chi connectivity index (χ4v) is 2.57. The SMILES string of the molecule is CC(C)Cn1cnc(-c2cccc3ccccc23)c1N. The molecule has 0 atom stereocenters. The molecule has 0 aliphatic carbocycles. The molecule has 1 heterocycles. The van der Waals surface area contributed by atoms with Crippen molar-refractivity contribution in [3.63, 3.8) is 0 Å². The summed E-state index contributed by atoms with van der Waals surface area (Å²) in [6.45, 7) is 5.25. The van der Waals surface area contributed by atoms with Gasteiger partial charge in [0, 0.05) is 12.1 Å². The fourth-order valence-electron chi connectivity index (χ4n) is 2.57. The van der Waals surface area contributed by atoms with Crippen molar-refractivity contribution in [2.24, 2.45) is 5.92 Å². The molecule has 0 unspecified atom stereocenters. The lowest BCUT2D eigenvalue weighted by molar-refractivity contribution is 0.527. The second-order valence-corrected chi connectivity index (χ2v) is 5.55. The van der Waals surface area contributed by atoms with Crippen molar-refractivity contribution in [3.8, 4) is 11.3 Å². The smallest absolute Gasteiger partial charge is 0.131 e. The zero-order valence-corrected chi connectivity index (χ0v) is 11.9. The molecule has 2 aromatic carbocycles. The molecule has 0 fully saturated rings. The predicted octanol–water partition coefficient (Wildman–Crippen LogP) is 3.94. The van der Waals surface area contributed by atoms with E-state index in [4.69, 9.17) is 5.73 Å². The maximum absolute atomic E-state index is 6.28. The number of hydrogen-bond acceptors (Lipinski definition) is 2.